The van der Waals surface area contributed by atoms with Crippen LogP contribution in [0.2, 0.25) is 0 Å². The predicted molar refractivity (Wildman–Crippen MR) is 87.0 cm³/mol. The first kappa shape index (κ1) is 15.3. The number of hydrogen-bond acceptors (Lipinski definition) is 4. The van der Waals surface area contributed by atoms with E-state index in [1.165, 1.54) is 18.9 Å². The van der Waals surface area contributed by atoms with Gasteiger partial charge in [0.15, 0.2) is 0 Å². The van der Waals surface area contributed by atoms with Crippen LogP contribution in [0.5, 0.6) is 5.75 Å². The summed E-state index contributed by atoms with van der Waals surface area (Å²) in [5.74, 6) is 1.55. The molecule has 1 fully saturated rings. The molecule has 1 amide bonds. The molecule has 1 aliphatic carbocycles. The zero-order valence-electron chi connectivity index (χ0n) is 13.1. The first-order valence-corrected chi connectivity index (χ1v) is 7.75. The van der Waals surface area contributed by atoms with E-state index in [2.05, 4.69) is 20.1 Å². The van der Waals surface area contributed by atoms with E-state index in [0.29, 0.717) is 19.0 Å². The summed E-state index contributed by atoms with van der Waals surface area (Å²) in [6, 6.07) is 8.13. The first-order chi connectivity index (χ1) is 11.3. The second-order valence-corrected chi connectivity index (χ2v) is 5.50. The van der Waals surface area contributed by atoms with Crippen molar-refractivity contribution in [2.45, 2.75) is 25.3 Å². The molecular formula is C17H20N4O2. The van der Waals surface area contributed by atoms with Gasteiger partial charge in [-0.1, -0.05) is 18.2 Å². The topological polar surface area (TPSA) is 69.0 Å². The van der Waals surface area contributed by atoms with Crippen molar-refractivity contribution in [3.8, 4) is 5.75 Å². The minimum atomic E-state index is -0.131. The van der Waals surface area contributed by atoms with Gasteiger partial charge in [-0.25, -0.2) is 0 Å². The summed E-state index contributed by atoms with van der Waals surface area (Å²) in [6.45, 7) is 0.542. The molecule has 0 radical (unpaired) electrons. The SMILES string of the molecule is COc1ccccc1C=CC(=O)NCCc1nncn1C1CC1. The van der Waals surface area contributed by atoms with E-state index in [1.807, 2.05) is 24.3 Å². The number of carbonyl (C=O) groups is 1. The Balaban J connectivity index is 1.49. The van der Waals surface area contributed by atoms with E-state index in [4.69, 9.17) is 4.74 Å². The van der Waals surface area contributed by atoms with Gasteiger partial charge in [-0.15, -0.1) is 10.2 Å². The van der Waals surface area contributed by atoms with Crippen molar-refractivity contribution in [1.29, 1.82) is 0 Å². The molecule has 0 unspecified atom stereocenters. The Labute approximate surface area is 135 Å². The Hall–Kier alpha value is -2.63. The average Bonchev–Trinajstić information content (AvgIpc) is 3.32. The Morgan fingerprint density at radius 3 is 3.04 bits per heavy atom. The molecule has 2 aromatic rings. The summed E-state index contributed by atoms with van der Waals surface area (Å²) in [5.41, 5.74) is 0.874. The lowest BCUT2D eigenvalue weighted by atomic mass is 10.2. The van der Waals surface area contributed by atoms with E-state index in [-0.39, 0.29) is 5.91 Å². The third kappa shape index (κ3) is 3.97. The van der Waals surface area contributed by atoms with Crippen molar-refractivity contribution in [3.63, 3.8) is 0 Å². The fourth-order valence-electron chi connectivity index (χ4n) is 2.43. The molecule has 23 heavy (non-hydrogen) atoms. The zero-order valence-corrected chi connectivity index (χ0v) is 13.1. The van der Waals surface area contributed by atoms with Crippen molar-refractivity contribution < 1.29 is 9.53 Å². The molecule has 1 N–H and O–H groups in total. The number of rotatable bonds is 7. The maximum Gasteiger partial charge on any atom is 0.244 e. The normalized spacial score (nSPS) is 14.1. The van der Waals surface area contributed by atoms with Crippen LogP contribution in [0.1, 0.15) is 30.3 Å². The molecule has 1 saturated carbocycles. The average molecular weight is 312 g/mol. The molecule has 0 spiro atoms. The van der Waals surface area contributed by atoms with E-state index in [9.17, 15) is 4.79 Å². The fourth-order valence-corrected chi connectivity index (χ4v) is 2.43. The highest BCUT2D eigenvalue weighted by molar-refractivity contribution is 5.92. The maximum absolute atomic E-state index is 11.9. The highest BCUT2D eigenvalue weighted by atomic mass is 16.5. The van der Waals surface area contributed by atoms with Crippen molar-refractivity contribution in [1.82, 2.24) is 20.1 Å². The van der Waals surface area contributed by atoms with Crippen LogP contribution >= 0.6 is 0 Å². The molecule has 1 heterocycles. The van der Waals surface area contributed by atoms with Gasteiger partial charge in [0, 0.05) is 30.6 Å². The van der Waals surface area contributed by atoms with E-state index < -0.39 is 0 Å². The Kier molecular flexibility index (Phi) is 4.71. The smallest absolute Gasteiger partial charge is 0.244 e. The molecule has 120 valence electrons. The van der Waals surface area contributed by atoms with Gasteiger partial charge in [0.2, 0.25) is 5.91 Å². The van der Waals surface area contributed by atoms with E-state index >= 15 is 0 Å². The third-order valence-corrected chi connectivity index (χ3v) is 3.79. The van der Waals surface area contributed by atoms with E-state index in [0.717, 1.165) is 17.1 Å². The minimum Gasteiger partial charge on any atom is -0.496 e. The number of benzene rings is 1. The zero-order chi connectivity index (χ0) is 16.1. The highest BCUT2D eigenvalue weighted by Gasteiger charge is 2.25. The summed E-state index contributed by atoms with van der Waals surface area (Å²) in [7, 11) is 1.61. The fraction of sp³-hybridized carbons (Fsp3) is 0.353. The third-order valence-electron chi connectivity index (χ3n) is 3.79. The lowest BCUT2D eigenvalue weighted by Gasteiger charge is -2.05. The molecule has 0 saturated heterocycles. The van der Waals surface area contributed by atoms with Crippen LogP contribution in [0.4, 0.5) is 0 Å². The Bertz CT molecular complexity index is 704. The number of nitrogens with one attached hydrogen (secondary N) is 1. The Morgan fingerprint density at radius 2 is 2.26 bits per heavy atom. The van der Waals surface area contributed by atoms with Gasteiger partial charge in [0.05, 0.1) is 7.11 Å². The molecule has 1 aliphatic rings. The Morgan fingerprint density at radius 1 is 1.43 bits per heavy atom. The van der Waals surface area contributed by atoms with Crippen molar-refractivity contribution in [2.75, 3.05) is 13.7 Å². The number of amides is 1. The second-order valence-electron chi connectivity index (χ2n) is 5.50. The number of nitrogens with zero attached hydrogens (tertiary/aromatic N) is 3. The number of methoxy groups -OCH3 is 1. The number of para-hydroxylation sites is 1. The second kappa shape index (κ2) is 7.09. The summed E-state index contributed by atoms with van der Waals surface area (Å²) in [6.07, 6.45) is 8.11. The summed E-state index contributed by atoms with van der Waals surface area (Å²) in [4.78, 5) is 11.9. The van der Waals surface area contributed by atoms with Crippen LogP contribution < -0.4 is 10.1 Å². The van der Waals surface area contributed by atoms with E-state index in [1.54, 1.807) is 19.5 Å². The van der Waals surface area contributed by atoms with Crippen molar-refractivity contribution >= 4 is 12.0 Å². The van der Waals surface area contributed by atoms with Gasteiger partial charge in [-0.05, 0) is 25.0 Å². The largest absolute Gasteiger partial charge is 0.496 e. The van der Waals surface area contributed by atoms with Gasteiger partial charge >= 0.3 is 0 Å². The molecule has 0 bridgehead atoms. The van der Waals surface area contributed by atoms with Crippen molar-refractivity contribution in [3.05, 3.63) is 48.1 Å². The summed E-state index contributed by atoms with van der Waals surface area (Å²) in [5, 5.41) is 10.9. The van der Waals surface area contributed by atoms with Gasteiger partial charge in [-0.3, -0.25) is 4.79 Å². The number of carbonyl (C=O) groups excluding carboxylic acids is 1. The number of hydrogen-bond donors (Lipinski definition) is 1. The van der Waals surface area contributed by atoms with Crippen LogP contribution in [0.3, 0.4) is 0 Å². The van der Waals surface area contributed by atoms with Crippen molar-refractivity contribution in [2.24, 2.45) is 0 Å². The van der Waals surface area contributed by atoms with Crippen LogP contribution in [-0.4, -0.2) is 34.3 Å². The van der Waals surface area contributed by atoms with Gasteiger partial charge in [-0.2, -0.15) is 0 Å². The first-order valence-electron chi connectivity index (χ1n) is 7.75. The van der Waals surface area contributed by atoms with Crippen LogP contribution in [-0.2, 0) is 11.2 Å². The van der Waals surface area contributed by atoms with Gasteiger partial charge < -0.3 is 14.6 Å². The molecule has 1 aromatic heterocycles. The lowest BCUT2D eigenvalue weighted by molar-refractivity contribution is -0.116. The van der Waals surface area contributed by atoms with Gasteiger partial charge in [0.25, 0.3) is 0 Å². The van der Waals surface area contributed by atoms with Gasteiger partial charge in [0.1, 0.15) is 17.9 Å². The molecule has 0 aliphatic heterocycles. The molecule has 1 aromatic carbocycles. The standard InChI is InChI=1S/C17H20N4O2/c1-23-15-5-3-2-4-13(15)6-9-17(22)18-11-10-16-20-19-12-21(16)14-7-8-14/h2-6,9,12,14H,7-8,10-11H2,1H3,(H,18,22). The number of ether oxygens (including phenoxy) is 1. The highest BCUT2D eigenvalue weighted by Crippen LogP contribution is 2.35. The summed E-state index contributed by atoms with van der Waals surface area (Å²) < 4.78 is 7.36. The van der Waals surface area contributed by atoms with Crippen LogP contribution in [0, 0.1) is 0 Å². The quantitative estimate of drug-likeness (QED) is 0.794. The van der Waals surface area contributed by atoms with Crippen LogP contribution in [0.15, 0.2) is 36.7 Å². The number of aromatic nitrogens is 3. The molecule has 6 nitrogen and oxygen atoms in total. The molecule has 0 atom stereocenters. The lowest BCUT2D eigenvalue weighted by Crippen LogP contribution is -2.24. The molecular weight excluding hydrogens is 292 g/mol. The molecule has 6 heteroatoms. The predicted octanol–water partition coefficient (Wildman–Crippen LogP) is 1.99. The summed E-state index contributed by atoms with van der Waals surface area (Å²) >= 11 is 0. The maximum atomic E-state index is 11.9. The van der Waals surface area contributed by atoms with Crippen LogP contribution in [0.25, 0.3) is 6.08 Å². The monoisotopic (exact) mass is 312 g/mol. The molecule has 3 rings (SSSR count). The minimum absolute atomic E-state index is 0.131.